The van der Waals surface area contributed by atoms with Gasteiger partial charge in [-0.1, -0.05) is 6.07 Å². The maximum Gasteiger partial charge on any atom is 0.257 e. The van der Waals surface area contributed by atoms with Crippen LogP contribution in [-0.2, 0) is 4.74 Å². The summed E-state index contributed by atoms with van der Waals surface area (Å²) in [7, 11) is 1.60. The summed E-state index contributed by atoms with van der Waals surface area (Å²) in [6, 6.07) is 4.97. The van der Waals surface area contributed by atoms with Gasteiger partial charge in [0.15, 0.2) is 0 Å². The summed E-state index contributed by atoms with van der Waals surface area (Å²) in [5.41, 5.74) is 0.118. The second kappa shape index (κ2) is 7.43. The van der Waals surface area contributed by atoms with Crippen molar-refractivity contribution in [3.05, 3.63) is 34.1 Å². The molecule has 1 fully saturated rings. The fourth-order valence-corrected chi connectivity index (χ4v) is 3.82. The molecule has 1 heterocycles. The predicted octanol–water partition coefficient (Wildman–Crippen LogP) is 3.18. The van der Waals surface area contributed by atoms with Crippen molar-refractivity contribution >= 4 is 33.6 Å². The number of ether oxygens (including phenoxy) is 1. The average molecular weight is 362 g/mol. The fourth-order valence-electron chi connectivity index (χ4n) is 2.23. The summed E-state index contributed by atoms with van der Waals surface area (Å²) in [4.78, 5) is 14.4. The fraction of sp³-hybridized carbons (Fsp3) is 0.500. The third kappa shape index (κ3) is 3.54. The molecule has 0 spiro atoms. The summed E-state index contributed by atoms with van der Waals surface area (Å²) in [6.45, 7) is 0.953. The Morgan fingerprint density at radius 3 is 3.05 bits per heavy atom. The van der Waals surface area contributed by atoms with E-state index in [2.05, 4.69) is 15.9 Å². The van der Waals surface area contributed by atoms with Gasteiger partial charge in [0.05, 0.1) is 16.6 Å². The van der Waals surface area contributed by atoms with Gasteiger partial charge >= 0.3 is 0 Å². The van der Waals surface area contributed by atoms with Gasteiger partial charge in [0.1, 0.15) is 5.82 Å². The number of thioether (sulfide) groups is 1. The lowest BCUT2D eigenvalue weighted by molar-refractivity contribution is 0.0620. The second-order valence-electron chi connectivity index (χ2n) is 4.61. The van der Waals surface area contributed by atoms with Gasteiger partial charge < -0.3 is 9.64 Å². The van der Waals surface area contributed by atoms with E-state index in [1.165, 1.54) is 6.07 Å². The largest absolute Gasteiger partial charge is 0.383 e. The average Bonchev–Trinajstić information content (AvgIpc) is 2.96. The summed E-state index contributed by atoms with van der Waals surface area (Å²) >= 11 is 4.95. The van der Waals surface area contributed by atoms with Crippen LogP contribution < -0.4 is 0 Å². The van der Waals surface area contributed by atoms with Crippen LogP contribution in [0.5, 0.6) is 0 Å². The zero-order valence-corrected chi connectivity index (χ0v) is 13.7. The number of benzene rings is 1. The highest BCUT2D eigenvalue weighted by atomic mass is 79.9. The lowest BCUT2D eigenvalue weighted by Gasteiger charge is -2.28. The lowest BCUT2D eigenvalue weighted by atomic mass is 10.1. The molecule has 1 aliphatic heterocycles. The number of carbonyl (C=O) groups excluding carboxylic acids is 1. The minimum atomic E-state index is -0.495. The number of nitrogens with zero attached hydrogens (tertiary/aromatic N) is 1. The van der Waals surface area contributed by atoms with Gasteiger partial charge in [-0.25, -0.2) is 4.39 Å². The number of hydrogen-bond acceptors (Lipinski definition) is 3. The summed E-state index contributed by atoms with van der Waals surface area (Å²) in [6.07, 6.45) is 0.954. The van der Waals surface area contributed by atoms with E-state index in [-0.39, 0.29) is 17.5 Å². The first-order valence-corrected chi connectivity index (χ1v) is 8.41. The first-order valence-electron chi connectivity index (χ1n) is 6.46. The minimum Gasteiger partial charge on any atom is -0.383 e. The number of hydrogen-bond donors (Lipinski definition) is 0. The molecular weight excluding hydrogens is 345 g/mol. The Hall–Kier alpha value is -0.590. The van der Waals surface area contributed by atoms with Gasteiger partial charge in [-0.3, -0.25) is 4.79 Å². The molecule has 2 rings (SSSR count). The number of rotatable bonds is 5. The SMILES string of the molecule is COCCN(C(=O)c1cccc(Br)c1F)C1CCSC1. The molecule has 1 unspecified atom stereocenters. The maximum atomic E-state index is 14.1. The Kier molecular flexibility index (Phi) is 5.86. The standard InChI is InChI=1S/C14H17BrFNO2S/c1-19-7-6-17(10-5-8-20-9-10)14(18)11-3-2-4-12(15)13(11)16/h2-4,10H,5-9H2,1H3. The van der Waals surface area contributed by atoms with Crippen molar-refractivity contribution in [3.8, 4) is 0 Å². The molecule has 1 aromatic carbocycles. The van der Waals surface area contributed by atoms with Crippen molar-refractivity contribution in [1.29, 1.82) is 0 Å². The molecule has 6 heteroatoms. The Morgan fingerprint density at radius 1 is 1.60 bits per heavy atom. The van der Waals surface area contributed by atoms with E-state index in [0.717, 1.165) is 17.9 Å². The number of amides is 1. The Bertz CT molecular complexity index is 480. The minimum absolute atomic E-state index is 0.118. The molecule has 3 nitrogen and oxygen atoms in total. The highest BCUT2D eigenvalue weighted by Crippen LogP contribution is 2.26. The number of halogens is 2. The Morgan fingerprint density at radius 2 is 2.40 bits per heavy atom. The monoisotopic (exact) mass is 361 g/mol. The van der Waals surface area contributed by atoms with Gasteiger partial charge in [0.25, 0.3) is 5.91 Å². The van der Waals surface area contributed by atoms with Crippen molar-refractivity contribution < 1.29 is 13.9 Å². The van der Waals surface area contributed by atoms with Crippen LogP contribution in [0.1, 0.15) is 16.8 Å². The molecule has 0 radical (unpaired) electrons. The van der Waals surface area contributed by atoms with Crippen molar-refractivity contribution in [2.24, 2.45) is 0 Å². The zero-order valence-electron chi connectivity index (χ0n) is 11.3. The highest BCUT2D eigenvalue weighted by molar-refractivity contribution is 9.10. The number of carbonyl (C=O) groups is 1. The van der Waals surface area contributed by atoms with Crippen molar-refractivity contribution in [1.82, 2.24) is 4.90 Å². The zero-order chi connectivity index (χ0) is 14.5. The Labute approximate surface area is 131 Å². The summed E-state index contributed by atoms with van der Waals surface area (Å²) in [5, 5.41) is 0. The predicted molar refractivity (Wildman–Crippen MR) is 82.7 cm³/mol. The molecule has 1 aromatic rings. The van der Waals surface area contributed by atoms with Gasteiger partial charge in [0.2, 0.25) is 0 Å². The van der Waals surface area contributed by atoms with E-state index in [4.69, 9.17) is 4.74 Å². The van der Waals surface area contributed by atoms with Crippen molar-refractivity contribution in [3.63, 3.8) is 0 Å². The maximum absolute atomic E-state index is 14.1. The third-order valence-electron chi connectivity index (χ3n) is 3.33. The molecular formula is C14H17BrFNO2S. The first kappa shape index (κ1) is 15.8. The molecule has 0 aromatic heterocycles. The van der Waals surface area contributed by atoms with Crippen molar-refractivity contribution in [2.45, 2.75) is 12.5 Å². The smallest absolute Gasteiger partial charge is 0.257 e. The molecule has 1 aliphatic rings. The quantitative estimate of drug-likeness (QED) is 0.806. The van der Waals surface area contributed by atoms with E-state index < -0.39 is 5.82 Å². The second-order valence-corrected chi connectivity index (χ2v) is 6.61. The summed E-state index contributed by atoms with van der Waals surface area (Å²) in [5.74, 6) is 1.20. The molecule has 1 saturated heterocycles. The van der Waals surface area contributed by atoms with E-state index in [1.54, 1.807) is 24.1 Å². The van der Waals surface area contributed by atoms with E-state index in [9.17, 15) is 9.18 Å². The van der Waals surface area contributed by atoms with Crippen LogP contribution in [0, 0.1) is 5.82 Å². The van der Waals surface area contributed by atoms with Crippen LogP contribution in [-0.4, -0.2) is 48.6 Å². The van der Waals surface area contributed by atoms with Gasteiger partial charge in [-0.2, -0.15) is 11.8 Å². The Balaban J connectivity index is 2.22. The van der Waals surface area contributed by atoms with Crippen molar-refractivity contribution in [2.75, 3.05) is 31.8 Å². The van der Waals surface area contributed by atoms with Gasteiger partial charge in [-0.05, 0) is 40.2 Å². The molecule has 0 aliphatic carbocycles. The number of methoxy groups -OCH3 is 1. The van der Waals surface area contributed by atoms with E-state index in [1.807, 2.05) is 11.8 Å². The normalized spacial score (nSPS) is 18.2. The van der Waals surface area contributed by atoms with Crippen LogP contribution in [0.3, 0.4) is 0 Å². The topological polar surface area (TPSA) is 29.5 Å². The summed E-state index contributed by atoms with van der Waals surface area (Å²) < 4.78 is 19.5. The van der Waals surface area contributed by atoms with E-state index in [0.29, 0.717) is 17.6 Å². The first-order chi connectivity index (χ1) is 9.65. The molecule has 0 N–H and O–H groups in total. The molecule has 1 amide bonds. The molecule has 0 saturated carbocycles. The molecule has 20 heavy (non-hydrogen) atoms. The third-order valence-corrected chi connectivity index (χ3v) is 5.08. The molecule has 110 valence electrons. The van der Waals surface area contributed by atoms with E-state index >= 15 is 0 Å². The lowest BCUT2D eigenvalue weighted by Crippen LogP contribution is -2.42. The molecule has 0 bridgehead atoms. The van der Waals surface area contributed by atoms with Crippen LogP contribution in [0.15, 0.2) is 22.7 Å². The molecule has 1 atom stereocenters. The van der Waals surface area contributed by atoms with Crippen LogP contribution in [0.2, 0.25) is 0 Å². The van der Waals surface area contributed by atoms with Crippen LogP contribution in [0.25, 0.3) is 0 Å². The van der Waals surface area contributed by atoms with Crippen LogP contribution in [0.4, 0.5) is 4.39 Å². The van der Waals surface area contributed by atoms with Crippen LogP contribution >= 0.6 is 27.7 Å². The van der Waals surface area contributed by atoms with Gasteiger partial charge in [-0.15, -0.1) is 0 Å². The van der Waals surface area contributed by atoms with Gasteiger partial charge in [0, 0.05) is 25.4 Å². The highest BCUT2D eigenvalue weighted by Gasteiger charge is 2.29.